The number of carbonyl (C=O) groups excluding carboxylic acids is 1. The second-order valence-corrected chi connectivity index (χ2v) is 4.77. The standard InChI is InChI=1S/C13H9BrN2O4/c14-10-1-2-11(15-6-10)8-20-13-4-3-12(16(18)19)5-9(13)7-17/h1-7H,8H2. The predicted octanol–water partition coefficient (Wildman–Crippen LogP) is 3.14. The molecule has 0 saturated heterocycles. The summed E-state index contributed by atoms with van der Waals surface area (Å²) in [4.78, 5) is 25.1. The van der Waals surface area contributed by atoms with Crippen LogP contribution in [0.5, 0.6) is 5.75 Å². The Morgan fingerprint density at radius 3 is 2.75 bits per heavy atom. The van der Waals surface area contributed by atoms with Gasteiger partial charge in [-0.25, -0.2) is 0 Å². The molecule has 0 atom stereocenters. The first-order valence-electron chi connectivity index (χ1n) is 5.57. The molecule has 0 unspecified atom stereocenters. The van der Waals surface area contributed by atoms with Gasteiger partial charge in [-0.2, -0.15) is 0 Å². The maximum atomic E-state index is 10.9. The van der Waals surface area contributed by atoms with Gasteiger partial charge in [0.25, 0.3) is 5.69 Å². The topological polar surface area (TPSA) is 82.3 Å². The van der Waals surface area contributed by atoms with Gasteiger partial charge >= 0.3 is 0 Å². The van der Waals surface area contributed by atoms with Crippen LogP contribution in [0.3, 0.4) is 0 Å². The molecule has 20 heavy (non-hydrogen) atoms. The van der Waals surface area contributed by atoms with E-state index in [0.717, 1.165) is 4.47 Å². The molecule has 0 radical (unpaired) electrons. The number of nitrogens with zero attached hydrogens (tertiary/aromatic N) is 2. The highest BCUT2D eigenvalue weighted by Crippen LogP contribution is 2.23. The van der Waals surface area contributed by atoms with E-state index in [4.69, 9.17) is 4.74 Å². The van der Waals surface area contributed by atoms with Crippen LogP contribution in [0.4, 0.5) is 5.69 Å². The molecular weight excluding hydrogens is 328 g/mol. The maximum absolute atomic E-state index is 10.9. The highest BCUT2D eigenvalue weighted by Gasteiger charge is 2.11. The Labute approximate surface area is 122 Å². The average Bonchev–Trinajstić information content (AvgIpc) is 2.46. The summed E-state index contributed by atoms with van der Waals surface area (Å²) in [6.45, 7) is 0.173. The van der Waals surface area contributed by atoms with Gasteiger partial charge in [-0.3, -0.25) is 19.9 Å². The maximum Gasteiger partial charge on any atom is 0.270 e. The molecule has 2 aromatic rings. The van der Waals surface area contributed by atoms with Gasteiger partial charge in [0.2, 0.25) is 0 Å². The monoisotopic (exact) mass is 336 g/mol. The van der Waals surface area contributed by atoms with Gasteiger partial charge in [-0.05, 0) is 34.1 Å². The molecule has 0 amide bonds. The minimum Gasteiger partial charge on any atom is -0.487 e. The van der Waals surface area contributed by atoms with Crippen LogP contribution in [0, 0.1) is 10.1 Å². The van der Waals surface area contributed by atoms with Crippen molar-refractivity contribution in [3.8, 4) is 5.75 Å². The Balaban J connectivity index is 2.14. The second-order valence-electron chi connectivity index (χ2n) is 3.85. The number of hydrogen-bond acceptors (Lipinski definition) is 5. The highest BCUT2D eigenvalue weighted by molar-refractivity contribution is 9.10. The molecule has 0 bridgehead atoms. The molecule has 2 rings (SSSR count). The molecule has 0 aliphatic carbocycles. The molecule has 1 aromatic heterocycles. The summed E-state index contributed by atoms with van der Waals surface area (Å²) in [7, 11) is 0. The Kier molecular flexibility index (Phi) is 4.41. The Hall–Kier alpha value is -2.28. The number of pyridine rings is 1. The smallest absolute Gasteiger partial charge is 0.270 e. The van der Waals surface area contributed by atoms with Gasteiger partial charge in [0.05, 0.1) is 16.2 Å². The summed E-state index contributed by atoms with van der Waals surface area (Å²) in [6.07, 6.45) is 2.16. The van der Waals surface area contributed by atoms with Crippen molar-refractivity contribution in [2.45, 2.75) is 6.61 Å². The van der Waals surface area contributed by atoms with Gasteiger partial charge < -0.3 is 4.74 Å². The summed E-state index contributed by atoms with van der Waals surface area (Å²) >= 11 is 3.27. The second kappa shape index (κ2) is 6.25. The Bertz CT molecular complexity index is 643. The van der Waals surface area contributed by atoms with Crippen LogP contribution < -0.4 is 4.74 Å². The molecule has 6 nitrogen and oxygen atoms in total. The average molecular weight is 337 g/mol. The van der Waals surface area contributed by atoms with Crippen LogP contribution in [-0.4, -0.2) is 16.2 Å². The first-order chi connectivity index (χ1) is 9.60. The SMILES string of the molecule is O=Cc1cc([N+](=O)[O-])ccc1OCc1ccc(Br)cn1. The number of aromatic nitrogens is 1. The van der Waals surface area contributed by atoms with E-state index in [9.17, 15) is 14.9 Å². The van der Waals surface area contributed by atoms with Crippen molar-refractivity contribution < 1.29 is 14.5 Å². The number of aldehydes is 1. The summed E-state index contributed by atoms with van der Waals surface area (Å²) in [5, 5.41) is 10.6. The zero-order chi connectivity index (χ0) is 14.5. The van der Waals surface area contributed by atoms with Gasteiger partial charge in [0.1, 0.15) is 12.4 Å². The molecule has 0 fully saturated rings. The lowest BCUT2D eigenvalue weighted by Crippen LogP contribution is -2.01. The van der Waals surface area contributed by atoms with Gasteiger partial charge in [-0.15, -0.1) is 0 Å². The van der Waals surface area contributed by atoms with E-state index in [-0.39, 0.29) is 23.6 Å². The lowest BCUT2D eigenvalue weighted by molar-refractivity contribution is -0.384. The largest absolute Gasteiger partial charge is 0.487 e. The minimum atomic E-state index is -0.562. The van der Waals surface area contributed by atoms with E-state index in [1.165, 1.54) is 18.2 Å². The van der Waals surface area contributed by atoms with Gasteiger partial charge in [0, 0.05) is 22.8 Å². The fourth-order valence-corrected chi connectivity index (χ4v) is 1.75. The Morgan fingerprint density at radius 1 is 1.35 bits per heavy atom. The molecule has 102 valence electrons. The lowest BCUT2D eigenvalue weighted by Gasteiger charge is -2.07. The van der Waals surface area contributed by atoms with E-state index >= 15 is 0 Å². The molecule has 0 N–H and O–H groups in total. The van der Waals surface area contributed by atoms with Gasteiger partial charge in [-0.1, -0.05) is 0 Å². The number of nitro groups is 1. The number of halogens is 1. The fourth-order valence-electron chi connectivity index (χ4n) is 1.52. The third kappa shape index (κ3) is 3.39. The summed E-state index contributed by atoms with van der Waals surface area (Å²) in [6, 6.07) is 7.47. The van der Waals surface area contributed by atoms with Crippen molar-refractivity contribution in [2.75, 3.05) is 0 Å². The first kappa shape index (κ1) is 14.1. The quantitative estimate of drug-likeness (QED) is 0.475. The third-order valence-corrected chi connectivity index (χ3v) is 2.96. The number of non-ortho nitro benzene ring substituents is 1. The molecule has 0 aliphatic rings. The fraction of sp³-hybridized carbons (Fsp3) is 0.0769. The van der Waals surface area contributed by atoms with Crippen LogP contribution >= 0.6 is 15.9 Å². The first-order valence-corrected chi connectivity index (χ1v) is 6.36. The molecule has 0 spiro atoms. The summed E-state index contributed by atoms with van der Waals surface area (Å²) in [5.74, 6) is 0.287. The van der Waals surface area contributed by atoms with E-state index in [0.29, 0.717) is 12.0 Å². The van der Waals surface area contributed by atoms with E-state index in [2.05, 4.69) is 20.9 Å². The van der Waals surface area contributed by atoms with Crippen LogP contribution in [0.25, 0.3) is 0 Å². The summed E-state index contributed by atoms with van der Waals surface area (Å²) in [5.41, 5.74) is 0.668. The van der Waals surface area contributed by atoms with Crippen molar-refractivity contribution in [3.05, 3.63) is 62.4 Å². The zero-order valence-corrected chi connectivity index (χ0v) is 11.7. The zero-order valence-electron chi connectivity index (χ0n) is 10.2. The summed E-state index contributed by atoms with van der Waals surface area (Å²) < 4.78 is 6.31. The van der Waals surface area contributed by atoms with E-state index in [1.54, 1.807) is 12.3 Å². The molecule has 0 saturated carbocycles. The molecular formula is C13H9BrN2O4. The van der Waals surface area contributed by atoms with Crippen molar-refractivity contribution in [2.24, 2.45) is 0 Å². The van der Waals surface area contributed by atoms with Crippen molar-refractivity contribution >= 4 is 27.9 Å². The number of rotatable bonds is 5. The Morgan fingerprint density at radius 2 is 2.15 bits per heavy atom. The molecule has 0 aliphatic heterocycles. The molecule has 7 heteroatoms. The molecule has 1 heterocycles. The number of ether oxygens (including phenoxy) is 1. The van der Waals surface area contributed by atoms with Gasteiger partial charge in [0.15, 0.2) is 6.29 Å². The predicted molar refractivity (Wildman–Crippen MR) is 74.8 cm³/mol. The third-order valence-electron chi connectivity index (χ3n) is 2.50. The van der Waals surface area contributed by atoms with Crippen molar-refractivity contribution in [1.82, 2.24) is 4.98 Å². The van der Waals surface area contributed by atoms with Crippen LogP contribution in [0.15, 0.2) is 41.0 Å². The number of carbonyl (C=O) groups is 1. The van der Waals surface area contributed by atoms with Crippen molar-refractivity contribution in [3.63, 3.8) is 0 Å². The minimum absolute atomic E-state index is 0.135. The number of hydrogen-bond donors (Lipinski definition) is 0. The normalized spacial score (nSPS) is 10.1. The van der Waals surface area contributed by atoms with E-state index in [1.807, 2.05) is 6.07 Å². The van der Waals surface area contributed by atoms with E-state index < -0.39 is 4.92 Å². The van der Waals surface area contributed by atoms with Crippen LogP contribution in [0.1, 0.15) is 16.1 Å². The van der Waals surface area contributed by atoms with Crippen LogP contribution in [-0.2, 0) is 6.61 Å². The lowest BCUT2D eigenvalue weighted by atomic mass is 10.2. The number of benzene rings is 1. The highest BCUT2D eigenvalue weighted by atomic mass is 79.9. The number of nitro benzene ring substituents is 1. The van der Waals surface area contributed by atoms with Crippen LogP contribution in [0.2, 0.25) is 0 Å². The molecule has 1 aromatic carbocycles. The van der Waals surface area contributed by atoms with Crippen molar-refractivity contribution in [1.29, 1.82) is 0 Å².